The fourth-order valence-electron chi connectivity index (χ4n) is 7.30. The second-order valence-corrected chi connectivity index (χ2v) is 12.7. The van der Waals surface area contributed by atoms with Crippen molar-refractivity contribution in [1.82, 2.24) is 9.47 Å². The molecule has 2 nitrogen and oxygen atoms in total. The van der Waals surface area contributed by atoms with E-state index >= 15 is 0 Å². The molecule has 228 valence electrons. The molecular formula is C46H34N2. The number of hydrogen-bond donors (Lipinski definition) is 0. The van der Waals surface area contributed by atoms with Gasteiger partial charge in [0.2, 0.25) is 0 Å². The van der Waals surface area contributed by atoms with Crippen LogP contribution in [0, 0.1) is 0 Å². The minimum Gasteiger partial charge on any atom is -0.370 e. The number of fused-ring (bicyclic) bond motifs is 5. The van der Waals surface area contributed by atoms with Gasteiger partial charge in [0, 0.05) is 41.1 Å². The standard InChI is InChI=1S/C46H34N2/c1-47-28-9-8-17-44(47)34-20-18-33(19-21-34)37-22-25-41-39(30-37)24-27-43-42-26-23-38(31-45(42)48(46(41)43)40-15-6-3-7-16-40)36-14-10-13-35(29-36)32-11-4-2-5-12-32/h2-27,29-31H,28H2,1H3. The molecule has 0 atom stereocenters. The summed E-state index contributed by atoms with van der Waals surface area (Å²) in [4.78, 5) is 2.28. The van der Waals surface area contributed by atoms with Gasteiger partial charge in [0.1, 0.15) is 0 Å². The predicted molar refractivity (Wildman–Crippen MR) is 204 cm³/mol. The Bertz CT molecular complexity index is 2520. The lowest BCUT2D eigenvalue weighted by molar-refractivity contribution is 0.531. The van der Waals surface area contributed by atoms with E-state index in [1.165, 1.54) is 77.2 Å². The highest BCUT2D eigenvalue weighted by Crippen LogP contribution is 2.40. The molecule has 0 spiro atoms. The Morgan fingerprint density at radius 1 is 0.458 bits per heavy atom. The smallest absolute Gasteiger partial charge is 0.0619 e. The van der Waals surface area contributed by atoms with Crippen LogP contribution in [-0.2, 0) is 0 Å². The topological polar surface area (TPSA) is 8.17 Å². The van der Waals surface area contributed by atoms with Crippen LogP contribution in [0.1, 0.15) is 5.56 Å². The quantitative estimate of drug-likeness (QED) is 0.187. The zero-order valence-electron chi connectivity index (χ0n) is 26.8. The van der Waals surface area contributed by atoms with Crippen molar-refractivity contribution >= 4 is 38.3 Å². The number of aromatic nitrogens is 1. The van der Waals surface area contributed by atoms with E-state index in [2.05, 4.69) is 192 Å². The SMILES string of the molecule is CN1CC=CC=C1c1ccc(-c2ccc3c(ccc4c5ccc(-c6cccc(-c7ccccc7)c6)cc5n(-c5ccccc5)c34)c2)cc1. The number of hydrogen-bond acceptors (Lipinski definition) is 1. The maximum atomic E-state index is 2.45. The largest absolute Gasteiger partial charge is 0.370 e. The first kappa shape index (κ1) is 28.1. The monoisotopic (exact) mass is 614 g/mol. The summed E-state index contributed by atoms with van der Waals surface area (Å²) >= 11 is 0. The Balaban J connectivity index is 1.19. The van der Waals surface area contributed by atoms with Gasteiger partial charge in [-0.2, -0.15) is 0 Å². The van der Waals surface area contributed by atoms with Gasteiger partial charge in [-0.3, -0.25) is 0 Å². The number of likely N-dealkylation sites (N-methyl/N-ethyl adjacent to an activating group) is 1. The zero-order chi connectivity index (χ0) is 32.0. The van der Waals surface area contributed by atoms with Crippen molar-refractivity contribution < 1.29 is 0 Å². The molecule has 0 saturated heterocycles. The molecule has 48 heavy (non-hydrogen) atoms. The second-order valence-electron chi connectivity index (χ2n) is 12.7. The lowest BCUT2D eigenvalue weighted by Gasteiger charge is -2.23. The molecule has 0 amide bonds. The lowest BCUT2D eigenvalue weighted by Crippen LogP contribution is -2.18. The van der Waals surface area contributed by atoms with E-state index in [9.17, 15) is 0 Å². The van der Waals surface area contributed by atoms with Crippen molar-refractivity contribution in [3.63, 3.8) is 0 Å². The van der Waals surface area contributed by atoms with Crippen LogP contribution < -0.4 is 0 Å². The van der Waals surface area contributed by atoms with Crippen LogP contribution in [-0.4, -0.2) is 23.1 Å². The van der Waals surface area contributed by atoms with Crippen molar-refractivity contribution in [2.24, 2.45) is 0 Å². The van der Waals surface area contributed by atoms with Gasteiger partial charge < -0.3 is 9.47 Å². The van der Waals surface area contributed by atoms with Crippen LogP contribution in [0.5, 0.6) is 0 Å². The number of benzene rings is 7. The van der Waals surface area contributed by atoms with Crippen molar-refractivity contribution in [3.05, 3.63) is 182 Å². The third-order valence-electron chi connectivity index (χ3n) is 9.76. The van der Waals surface area contributed by atoms with Gasteiger partial charge in [0.15, 0.2) is 0 Å². The molecule has 2 heterocycles. The molecule has 0 aliphatic carbocycles. The minimum absolute atomic E-state index is 0.940. The van der Waals surface area contributed by atoms with Crippen LogP contribution in [0.15, 0.2) is 176 Å². The Morgan fingerprint density at radius 3 is 1.81 bits per heavy atom. The maximum absolute atomic E-state index is 2.45. The minimum atomic E-state index is 0.940. The highest BCUT2D eigenvalue weighted by atomic mass is 15.1. The van der Waals surface area contributed by atoms with E-state index in [1.54, 1.807) is 0 Å². The van der Waals surface area contributed by atoms with Gasteiger partial charge in [-0.05, 0) is 80.7 Å². The molecule has 9 rings (SSSR count). The van der Waals surface area contributed by atoms with E-state index in [1.807, 2.05) is 0 Å². The van der Waals surface area contributed by atoms with Gasteiger partial charge in [0.25, 0.3) is 0 Å². The van der Waals surface area contributed by atoms with Gasteiger partial charge in [-0.1, -0.05) is 140 Å². The molecule has 0 radical (unpaired) electrons. The van der Waals surface area contributed by atoms with E-state index in [0.29, 0.717) is 0 Å². The highest BCUT2D eigenvalue weighted by Gasteiger charge is 2.17. The van der Waals surface area contributed by atoms with Gasteiger partial charge >= 0.3 is 0 Å². The third kappa shape index (κ3) is 4.82. The fraction of sp³-hybridized carbons (Fsp3) is 0.0435. The van der Waals surface area contributed by atoms with E-state index in [0.717, 1.165) is 12.2 Å². The number of nitrogens with zero attached hydrogens (tertiary/aromatic N) is 2. The summed E-state index contributed by atoms with van der Waals surface area (Å²) in [5.74, 6) is 0. The second kappa shape index (κ2) is 11.6. The molecule has 1 aliphatic heterocycles. The average Bonchev–Trinajstić information content (AvgIpc) is 3.50. The molecule has 0 unspecified atom stereocenters. The Kier molecular flexibility index (Phi) is 6.80. The third-order valence-corrected chi connectivity index (χ3v) is 9.76. The fourth-order valence-corrected chi connectivity index (χ4v) is 7.30. The van der Waals surface area contributed by atoms with Crippen molar-refractivity contribution in [3.8, 4) is 39.1 Å². The molecule has 1 aliphatic rings. The highest BCUT2D eigenvalue weighted by molar-refractivity contribution is 6.19. The Labute approximate surface area is 281 Å². The first-order valence-corrected chi connectivity index (χ1v) is 16.6. The average molecular weight is 615 g/mol. The van der Waals surface area contributed by atoms with Crippen LogP contribution in [0.4, 0.5) is 0 Å². The molecular weight excluding hydrogens is 581 g/mol. The lowest BCUT2D eigenvalue weighted by atomic mass is 9.97. The van der Waals surface area contributed by atoms with Gasteiger partial charge in [0.05, 0.1) is 11.0 Å². The normalized spacial score (nSPS) is 13.0. The predicted octanol–water partition coefficient (Wildman–Crippen LogP) is 11.8. The van der Waals surface area contributed by atoms with Gasteiger partial charge in [-0.25, -0.2) is 0 Å². The van der Waals surface area contributed by atoms with E-state index < -0.39 is 0 Å². The van der Waals surface area contributed by atoms with Crippen LogP contribution in [0.3, 0.4) is 0 Å². The molecule has 0 bridgehead atoms. The van der Waals surface area contributed by atoms with Crippen molar-refractivity contribution in [2.45, 2.75) is 0 Å². The summed E-state index contributed by atoms with van der Waals surface area (Å²) in [5, 5.41) is 5.01. The van der Waals surface area contributed by atoms with Crippen LogP contribution in [0.25, 0.3) is 77.3 Å². The number of allylic oxidation sites excluding steroid dienone is 2. The Morgan fingerprint density at radius 2 is 1.04 bits per heavy atom. The molecule has 1 aromatic heterocycles. The summed E-state index contributed by atoms with van der Waals surface area (Å²) < 4.78 is 2.45. The summed E-state index contributed by atoms with van der Waals surface area (Å²) in [6.07, 6.45) is 6.52. The van der Waals surface area contributed by atoms with Crippen LogP contribution >= 0.6 is 0 Å². The molecule has 2 heteroatoms. The van der Waals surface area contributed by atoms with E-state index in [-0.39, 0.29) is 0 Å². The first-order valence-electron chi connectivity index (χ1n) is 16.6. The Hall–Kier alpha value is -6.12. The number of para-hydroxylation sites is 1. The van der Waals surface area contributed by atoms with Crippen molar-refractivity contribution in [1.29, 1.82) is 0 Å². The van der Waals surface area contributed by atoms with Crippen LogP contribution in [0.2, 0.25) is 0 Å². The maximum Gasteiger partial charge on any atom is 0.0619 e. The van der Waals surface area contributed by atoms with E-state index in [4.69, 9.17) is 0 Å². The molecule has 0 saturated carbocycles. The molecule has 7 aromatic carbocycles. The summed E-state index contributed by atoms with van der Waals surface area (Å²) in [7, 11) is 2.15. The molecule has 0 N–H and O–H groups in total. The van der Waals surface area contributed by atoms with Crippen molar-refractivity contribution in [2.75, 3.05) is 13.6 Å². The molecule has 0 fully saturated rings. The number of rotatable bonds is 5. The summed E-state index contributed by atoms with van der Waals surface area (Å²) in [5.41, 5.74) is 13.4. The first-order chi connectivity index (χ1) is 23.7. The summed E-state index contributed by atoms with van der Waals surface area (Å²) in [6.45, 7) is 0.940. The molecule has 8 aromatic rings. The summed E-state index contributed by atoms with van der Waals surface area (Å²) in [6, 6.07) is 57.7. The zero-order valence-corrected chi connectivity index (χ0v) is 26.8. The van der Waals surface area contributed by atoms with Gasteiger partial charge in [-0.15, -0.1) is 0 Å².